The van der Waals surface area contributed by atoms with Crippen LogP contribution >= 0.6 is 11.6 Å². The molecule has 0 bridgehead atoms. The van der Waals surface area contributed by atoms with Crippen LogP contribution in [0.2, 0.25) is 5.02 Å². The predicted molar refractivity (Wildman–Crippen MR) is 76.7 cm³/mol. The van der Waals surface area contributed by atoms with E-state index in [1.54, 1.807) is 6.07 Å². The van der Waals surface area contributed by atoms with Gasteiger partial charge in [0.1, 0.15) is 0 Å². The summed E-state index contributed by atoms with van der Waals surface area (Å²) in [4.78, 5) is 11.5. The van der Waals surface area contributed by atoms with Crippen LogP contribution in [0, 0.1) is 6.92 Å². The third kappa shape index (κ3) is 3.58. The molecule has 3 heteroatoms. The Morgan fingerprint density at radius 3 is 2.58 bits per heavy atom. The molecule has 0 spiro atoms. The Morgan fingerprint density at radius 2 is 1.95 bits per heavy atom. The van der Waals surface area contributed by atoms with E-state index in [2.05, 4.69) is 0 Å². The molecule has 0 saturated carbocycles. The third-order valence-corrected chi connectivity index (χ3v) is 3.31. The van der Waals surface area contributed by atoms with Gasteiger partial charge in [-0.15, -0.1) is 0 Å². The van der Waals surface area contributed by atoms with Crippen LogP contribution in [-0.2, 0) is 11.2 Å². The molecule has 0 aliphatic heterocycles. The molecular weight excluding hydrogens is 260 g/mol. The van der Waals surface area contributed by atoms with Crippen LogP contribution in [0.4, 0.5) is 0 Å². The van der Waals surface area contributed by atoms with Crippen molar-refractivity contribution in [3.8, 4) is 0 Å². The molecule has 0 aromatic heterocycles. The Bertz CT molecular complexity index is 593. The summed E-state index contributed by atoms with van der Waals surface area (Å²) in [6, 6.07) is 15.0. The van der Waals surface area contributed by atoms with Crippen molar-refractivity contribution in [2.45, 2.75) is 19.3 Å². The van der Waals surface area contributed by atoms with Crippen molar-refractivity contribution in [3.05, 3.63) is 70.2 Å². The van der Waals surface area contributed by atoms with Crippen molar-refractivity contribution in [2.24, 2.45) is 0 Å². The molecule has 2 aromatic carbocycles. The number of carboxylic acids is 1. The van der Waals surface area contributed by atoms with Gasteiger partial charge < -0.3 is 5.11 Å². The Hall–Kier alpha value is -1.80. The molecule has 0 aliphatic carbocycles. The number of hydrogen-bond acceptors (Lipinski definition) is 1. The van der Waals surface area contributed by atoms with E-state index in [1.807, 2.05) is 49.4 Å². The van der Waals surface area contributed by atoms with Crippen molar-refractivity contribution < 1.29 is 9.90 Å². The molecule has 1 N–H and O–H groups in total. The average molecular weight is 275 g/mol. The summed E-state index contributed by atoms with van der Waals surface area (Å²) < 4.78 is 0. The first kappa shape index (κ1) is 13.6. The molecule has 0 aliphatic rings. The molecule has 1 unspecified atom stereocenters. The van der Waals surface area contributed by atoms with E-state index in [-0.39, 0.29) is 0 Å². The summed E-state index contributed by atoms with van der Waals surface area (Å²) in [6.07, 6.45) is 0.444. The van der Waals surface area contributed by atoms with Gasteiger partial charge in [0.15, 0.2) is 0 Å². The summed E-state index contributed by atoms with van der Waals surface area (Å²) in [5.74, 6) is -1.36. The smallest absolute Gasteiger partial charge is 0.311 e. The molecule has 0 saturated heterocycles. The lowest BCUT2D eigenvalue weighted by Crippen LogP contribution is -2.14. The number of aliphatic carboxylic acids is 1. The lowest BCUT2D eigenvalue weighted by Gasteiger charge is -2.13. The van der Waals surface area contributed by atoms with Crippen molar-refractivity contribution in [1.82, 2.24) is 0 Å². The second-order valence-corrected chi connectivity index (χ2v) is 5.08. The summed E-state index contributed by atoms with van der Waals surface area (Å²) in [5, 5.41) is 10.0. The summed E-state index contributed by atoms with van der Waals surface area (Å²) >= 11 is 5.93. The van der Waals surface area contributed by atoms with Gasteiger partial charge >= 0.3 is 5.97 Å². The van der Waals surface area contributed by atoms with Gasteiger partial charge in [0, 0.05) is 5.02 Å². The predicted octanol–water partition coefficient (Wildman–Crippen LogP) is 4.06. The van der Waals surface area contributed by atoms with E-state index in [0.717, 1.165) is 16.7 Å². The number of halogens is 1. The summed E-state index contributed by atoms with van der Waals surface area (Å²) in [5.41, 5.74) is 2.82. The monoisotopic (exact) mass is 274 g/mol. The summed E-state index contributed by atoms with van der Waals surface area (Å²) in [7, 11) is 0. The fourth-order valence-corrected chi connectivity index (χ4v) is 2.35. The van der Waals surface area contributed by atoms with Gasteiger partial charge in [-0.2, -0.15) is 0 Å². The second kappa shape index (κ2) is 5.89. The Morgan fingerprint density at radius 1 is 1.21 bits per heavy atom. The molecule has 0 amide bonds. The van der Waals surface area contributed by atoms with Crippen LogP contribution in [0.5, 0.6) is 0 Å². The SMILES string of the molecule is Cc1cccc(C(Cc2cccc(Cl)c2)C(=O)O)c1. The number of carbonyl (C=O) groups is 1. The average Bonchev–Trinajstić information content (AvgIpc) is 2.35. The zero-order valence-corrected chi connectivity index (χ0v) is 11.4. The zero-order chi connectivity index (χ0) is 13.8. The van der Waals surface area contributed by atoms with Gasteiger partial charge in [0.25, 0.3) is 0 Å². The first-order valence-corrected chi connectivity index (χ1v) is 6.48. The Kier molecular flexibility index (Phi) is 4.23. The number of aryl methyl sites for hydroxylation is 1. The van der Waals surface area contributed by atoms with Gasteiger partial charge in [-0.05, 0) is 36.6 Å². The second-order valence-electron chi connectivity index (χ2n) is 4.64. The van der Waals surface area contributed by atoms with Crippen LogP contribution < -0.4 is 0 Å². The number of carboxylic acid groups (broad SMARTS) is 1. The molecule has 2 aromatic rings. The molecule has 1 atom stereocenters. The van der Waals surface area contributed by atoms with Crippen LogP contribution in [0.1, 0.15) is 22.6 Å². The third-order valence-electron chi connectivity index (χ3n) is 3.07. The molecule has 2 rings (SSSR count). The van der Waals surface area contributed by atoms with Crippen molar-refractivity contribution in [3.63, 3.8) is 0 Å². The van der Waals surface area contributed by atoms with Crippen LogP contribution in [0.3, 0.4) is 0 Å². The Balaban J connectivity index is 2.29. The van der Waals surface area contributed by atoms with Gasteiger partial charge in [-0.25, -0.2) is 0 Å². The minimum absolute atomic E-state index is 0.444. The van der Waals surface area contributed by atoms with E-state index in [9.17, 15) is 9.90 Å². The van der Waals surface area contributed by atoms with E-state index in [4.69, 9.17) is 11.6 Å². The van der Waals surface area contributed by atoms with Crippen molar-refractivity contribution >= 4 is 17.6 Å². The quantitative estimate of drug-likeness (QED) is 0.913. The molecule has 19 heavy (non-hydrogen) atoms. The van der Waals surface area contributed by atoms with E-state index in [0.29, 0.717) is 11.4 Å². The van der Waals surface area contributed by atoms with Gasteiger partial charge in [0.2, 0.25) is 0 Å². The first-order chi connectivity index (χ1) is 9.06. The zero-order valence-electron chi connectivity index (χ0n) is 10.6. The highest BCUT2D eigenvalue weighted by Crippen LogP contribution is 2.23. The number of hydrogen-bond donors (Lipinski definition) is 1. The van der Waals surface area contributed by atoms with Crippen molar-refractivity contribution in [2.75, 3.05) is 0 Å². The number of benzene rings is 2. The maximum absolute atomic E-state index is 11.5. The maximum atomic E-state index is 11.5. The molecule has 0 radical (unpaired) electrons. The van der Waals surface area contributed by atoms with E-state index < -0.39 is 11.9 Å². The topological polar surface area (TPSA) is 37.3 Å². The van der Waals surface area contributed by atoms with Crippen LogP contribution in [-0.4, -0.2) is 11.1 Å². The number of rotatable bonds is 4. The minimum Gasteiger partial charge on any atom is -0.481 e. The van der Waals surface area contributed by atoms with Crippen LogP contribution in [0.25, 0.3) is 0 Å². The molecular formula is C16H15ClO2. The van der Waals surface area contributed by atoms with Gasteiger partial charge in [0.05, 0.1) is 5.92 Å². The highest BCUT2D eigenvalue weighted by molar-refractivity contribution is 6.30. The van der Waals surface area contributed by atoms with Gasteiger partial charge in [-0.1, -0.05) is 53.6 Å². The Labute approximate surface area is 117 Å². The lowest BCUT2D eigenvalue weighted by molar-refractivity contribution is -0.138. The largest absolute Gasteiger partial charge is 0.481 e. The lowest BCUT2D eigenvalue weighted by atomic mass is 9.91. The fraction of sp³-hybridized carbons (Fsp3) is 0.188. The molecule has 2 nitrogen and oxygen atoms in total. The van der Waals surface area contributed by atoms with Crippen molar-refractivity contribution in [1.29, 1.82) is 0 Å². The minimum atomic E-state index is -0.814. The highest BCUT2D eigenvalue weighted by atomic mass is 35.5. The van der Waals surface area contributed by atoms with E-state index in [1.165, 1.54) is 0 Å². The van der Waals surface area contributed by atoms with E-state index >= 15 is 0 Å². The maximum Gasteiger partial charge on any atom is 0.311 e. The van der Waals surface area contributed by atoms with Gasteiger partial charge in [-0.3, -0.25) is 4.79 Å². The molecule has 0 fully saturated rings. The molecule has 0 heterocycles. The fourth-order valence-electron chi connectivity index (χ4n) is 2.13. The first-order valence-electron chi connectivity index (χ1n) is 6.10. The molecule has 98 valence electrons. The summed E-state index contributed by atoms with van der Waals surface area (Å²) in [6.45, 7) is 1.96. The van der Waals surface area contributed by atoms with Crippen LogP contribution in [0.15, 0.2) is 48.5 Å². The highest BCUT2D eigenvalue weighted by Gasteiger charge is 2.20. The standard InChI is InChI=1S/C16H15ClO2/c1-11-4-2-6-13(8-11)15(16(18)19)10-12-5-3-7-14(17)9-12/h2-9,15H,10H2,1H3,(H,18,19). The normalized spacial score (nSPS) is 12.1.